The summed E-state index contributed by atoms with van der Waals surface area (Å²) in [6.07, 6.45) is 0. The Morgan fingerprint density at radius 1 is 0.929 bits per heavy atom. The van der Waals surface area contributed by atoms with Crippen molar-refractivity contribution in [3.05, 3.63) is 113 Å². The number of hydrogen-bond donors (Lipinski definition) is 1. The highest BCUT2D eigenvalue weighted by molar-refractivity contribution is 6.05. The topological polar surface area (TPSA) is 40.5 Å². The molecule has 3 aromatic rings. The number of aryl methyl sites for hydroxylation is 1. The van der Waals surface area contributed by atoms with Gasteiger partial charge in [-0.1, -0.05) is 78.4 Å². The highest BCUT2D eigenvalue weighted by atomic mass is 19.1. The van der Waals surface area contributed by atoms with Gasteiger partial charge in [0.1, 0.15) is 5.82 Å². The van der Waals surface area contributed by atoms with Crippen LogP contribution >= 0.6 is 0 Å². The summed E-state index contributed by atoms with van der Waals surface area (Å²) in [6.45, 7) is 2.24. The van der Waals surface area contributed by atoms with Gasteiger partial charge in [-0.3, -0.25) is 4.79 Å². The van der Waals surface area contributed by atoms with Crippen LogP contribution in [0.5, 0.6) is 0 Å². The number of amides is 1. The van der Waals surface area contributed by atoms with Gasteiger partial charge in [-0.15, -0.1) is 0 Å². The molecular weight excluding hydrogens is 353 g/mol. The SMILES string of the molecule is Cc1ccc(C2=C(O)C(=O)N(Cc3ccccc3)C2c2ccccc2F)cc1. The number of rotatable bonds is 4. The second kappa shape index (κ2) is 7.31. The lowest BCUT2D eigenvalue weighted by molar-refractivity contribution is -0.130. The summed E-state index contributed by atoms with van der Waals surface area (Å²) in [5.41, 5.74) is 3.49. The van der Waals surface area contributed by atoms with E-state index in [0.29, 0.717) is 16.7 Å². The number of aliphatic hydroxyl groups is 1. The molecule has 1 N–H and O–H groups in total. The molecule has 140 valence electrons. The van der Waals surface area contributed by atoms with Crippen molar-refractivity contribution in [2.24, 2.45) is 0 Å². The predicted octanol–water partition coefficient (Wildman–Crippen LogP) is 5.19. The molecule has 1 aliphatic heterocycles. The first-order valence-electron chi connectivity index (χ1n) is 9.16. The first kappa shape index (κ1) is 18.0. The number of nitrogens with zero attached hydrogens (tertiary/aromatic N) is 1. The van der Waals surface area contributed by atoms with Crippen LogP contribution in [-0.4, -0.2) is 15.9 Å². The fourth-order valence-electron chi connectivity index (χ4n) is 3.64. The Bertz CT molecular complexity index is 1040. The van der Waals surface area contributed by atoms with Crippen LogP contribution in [0.1, 0.15) is 28.3 Å². The van der Waals surface area contributed by atoms with Crippen molar-refractivity contribution in [2.45, 2.75) is 19.5 Å². The molecule has 0 fully saturated rings. The molecule has 0 aliphatic carbocycles. The van der Waals surface area contributed by atoms with E-state index >= 15 is 0 Å². The van der Waals surface area contributed by atoms with Crippen molar-refractivity contribution in [1.82, 2.24) is 4.90 Å². The quantitative estimate of drug-likeness (QED) is 0.684. The molecule has 3 nitrogen and oxygen atoms in total. The minimum atomic E-state index is -0.698. The van der Waals surface area contributed by atoms with Gasteiger partial charge in [0.15, 0.2) is 5.76 Å². The fraction of sp³-hybridized carbons (Fsp3) is 0.125. The van der Waals surface area contributed by atoms with E-state index in [-0.39, 0.29) is 12.3 Å². The number of aliphatic hydroxyl groups excluding tert-OH is 1. The van der Waals surface area contributed by atoms with E-state index < -0.39 is 17.8 Å². The molecule has 4 heteroatoms. The van der Waals surface area contributed by atoms with Crippen LogP contribution in [0.25, 0.3) is 5.57 Å². The van der Waals surface area contributed by atoms with Gasteiger partial charge >= 0.3 is 0 Å². The Hall–Kier alpha value is -3.40. The summed E-state index contributed by atoms with van der Waals surface area (Å²) in [5.74, 6) is -1.22. The Morgan fingerprint density at radius 3 is 2.25 bits per heavy atom. The molecule has 0 saturated carbocycles. The standard InChI is InChI=1S/C24H20FNO2/c1-16-11-13-18(14-12-16)21-22(19-9-5-6-10-20(19)25)26(24(28)23(21)27)15-17-7-3-2-4-8-17/h2-14,22,27H,15H2,1H3. The molecule has 1 heterocycles. The molecule has 4 rings (SSSR count). The van der Waals surface area contributed by atoms with Crippen molar-refractivity contribution < 1.29 is 14.3 Å². The zero-order valence-electron chi connectivity index (χ0n) is 15.5. The molecule has 1 aliphatic rings. The molecule has 1 atom stereocenters. The third-order valence-corrected chi connectivity index (χ3v) is 5.06. The highest BCUT2D eigenvalue weighted by Crippen LogP contribution is 2.44. The smallest absolute Gasteiger partial charge is 0.290 e. The van der Waals surface area contributed by atoms with E-state index in [1.54, 1.807) is 18.2 Å². The Kier molecular flexibility index (Phi) is 4.70. The van der Waals surface area contributed by atoms with Crippen LogP contribution < -0.4 is 0 Å². The number of hydrogen-bond acceptors (Lipinski definition) is 2. The number of carbonyl (C=O) groups excluding carboxylic acids is 1. The molecule has 0 radical (unpaired) electrons. The van der Waals surface area contributed by atoms with E-state index in [4.69, 9.17) is 0 Å². The van der Waals surface area contributed by atoms with Crippen LogP contribution in [-0.2, 0) is 11.3 Å². The maximum absolute atomic E-state index is 14.7. The van der Waals surface area contributed by atoms with Crippen molar-refractivity contribution in [3.63, 3.8) is 0 Å². The second-order valence-corrected chi connectivity index (χ2v) is 6.97. The van der Waals surface area contributed by atoms with E-state index in [1.165, 1.54) is 11.0 Å². The summed E-state index contributed by atoms with van der Waals surface area (Å²) >= 11 is 0. The number of halogens is 1. The highest BCUT2D eigenvalue weighted by Gasteiger charge is 2.41. The minimum absolute atomic E-state index is 0.276. The first-order chi connectivity index (χ1) is 13.6. The van der Waals surface area contributed by atoms with Gasteiger partial charge < -0.3 is 10.0 Å². The maximum Gasteiger partial charge on any atom is 0.290 e. The van der Waals surface area contributed by atoms with Gasteiger partial charge in [0, 0.05) is 17.7 Å². The summed E-state index contributed by atoms with van der Waals surface area (Å²) in [6, 6.07) is 22.7. The molecule has 3 aromatic carbocycles. The molecular formula is C24H20FNO2. The van der Waals surface area contributed by atoms with Crippen molar-refractivity contribution in [2.75, 3.05) is 0 Å². The van der Waals surface area contributed by atoms with Gasteiger partial charge in [0.2, 0.25) is 0 Å². The average molecular weight is 373 g/mol. The lowest BCUT2D eigenvalue weighted by Crippen LogP contribution is -2.30. The van der Waals surface area contributed by atoms with Gasteiger partial charge in [-0.2, -0.15) is 0 Å². The fourth-order valence-corrected chi connectivity index (χ4v) is 3.64. The van der Waals surface area contributed by atoms with Gasteiger partial charge in [-0.25, -0.2) is 4.39 Å². The summed E-state index contributed by atoms with van der Waals surface area (Å²) in [4.78, 5) is 14.5. The summed E-state index contributed by atoms with van der Waals surface area (Å²) < 4.78 is 14.7. The van der Waals surface area contributed by atoms with Crippen LogP contribution in [0.2, 0.25) is 0 Å². The first-order valence-corrected chi connectivity index (χ1v) is 9.16. The third-order valence-electron chi connectivity index (χ3n) is 5.06. The van der Waals surface area contributed by atoms with Crippen LogP contribution in [0.3, 0.4) is 0 Å². The van der Waals surface area contributed by atoms with Crippen molar-refractivity contribution >= 4 is 11.5 Å². The molecule has 0 spiro atoms. The predicted molar refractivity (Wildman–Crippen MR) is 107 cm³/mol. The van der Waals surface area contributed by atoms with Crippen molar-refractivity contribution in [3.8, 4) is 0 Å². The minimum Gasteiger partial charge on any atom is -0.503 e. The van der Waals surface area contributed by atoms with Gasteiger partial charge in [0.25, 0.3) is 5.91 Å². The largest absolute Gasteiger partial charge is 0.503 e. The summed E-state index contributed by atoms with van der Waals surface area (Å²) in [7, 11) is 0. The van der Waals surface area contributed by atoms with E-state index in [9.17, 15) is 14.3 Å². The lowest BCUT2D eigenvalue weighted by Gasteiger charge is -2.28. The molecule has 0 saturated heterocycles. The van der Waals surface area contributed by atoms with E-state index in [1.807, 2.05) is 61.5 Å². The Labute approximate surface area is 163 Å². The monoisotopic (exact) mass is 373 g/mol. The average Bonchev–Trinajstić information content (AvgIpc) is 2.95. The van der Waals surface area contributed by atoms with Gasteiger partial charge in [0.05, 0.1) is 6.04 Å². The number of carbonyl (C=O) groups is 1. The Morgan fingerprint density at radius 2 is 1.57 bits per heavy atom. The normalized spacial score (nSPS) is 16.7. The van der Waals surface area contributed by atoms with E-state index in [2.05, 4.69) is 0 Å². The maximum atomic E-state index is 14.7. The molecule has 1 amide bonds. The van der Waals surface area contributed by atoms with Crippen LogP contribution in [0.4, 0.5) is 4.39 Å². The third kappa shape index (κ3) is 3.18. The second-order valence-electron chi connectivity index (χ2n) is 6.97. The van der Waals surface area contributed by atoms with Crippen LogP contribution in [0.15, 0.2) is 84.6 Å². The summed E-state index contributed by atoms with van der Waals surface area (Å²) in [5, 5.41) is 10.7. The van der Waals surface area contributed by atoms with Crippen LogP contribution in [0, 0.1) is 12.7 Å². The van der Waals surface area contributed by atoms with Gasteiger partial charge in [-0.05, 0) is 24.1 Å². The Balaban J connectivity index is 1.84. The number of benzene rings is 3. The zero-order valence-corrected chi connectivity index (χ0v) is 15.5. The molecule has 1 unspecified atom stereocenters. The van der Waals surface area contributed by atoms with Crippen molar-refractivity contribution in [1.29, 1.82) is 0 Å². The molecule has 0 bridgehead atoms. The van der Waals surface area contributed by atoms with E-state index in [0.717, 1.165) is 11.1 Å². The molecule has 0 aromatic heterocycles. The zero-order chi connectivity index (χ0) is 19.7. The lowest BCUT2D eigenvalue weighted by atomic mass is 9.92. The molecule has 28 heavy (non-hydrogen) atoms.